The first-order valence-electron chi connectivity index (χ1n) is 7.51. The van der Waals surface area contributed by atoms with Crippen molar-refractivity contribution in [1.82, 2.24) is 0 Å². The molecule has 0 saturated carbocycles. The lowest BCUT2D eigenvalue weighted by atomic mass is 9.84. The van der Waals surface area contributed by atoms with Crippen LogP contribution in [0.1, 0.15) is 19.4 Å². The number of fused-ring (bicyclic) bond motifs is 1. The number of halogens is 1. The second-order valence-electron chi connectivity index (χ2n) is 6.23. The number of nitrogens with zero attached hydrogens (tertiary/aromatic N) is 1. The van der Waals surface area contributed by atoms with E-state index in [4.69, 9.17) is 0 Å². The smallest absolute Gasteiger partial charge is 0.250 e. The predicted octanol–water partition coefficient (Wildman–Crippen LogP) is 4.08. The Kier molecular flexibility index (Phi) is 3.68. The first-order chi connectivity index (χ1) is 10.9. The molecular formula is C19H19FN2O. The second kappa shape index (κ2) is 5.54. The highest BCUT2D eigenvalue weighted by molar-refractivity contribution is 6.00. The molecule has 0 saturated heterocycles. The Labute approximate surface area is 135 Å². The standard InChI is InChI=1S/C19H19FN2O/c1-19(2)15-6-4-5-7-16(15)22(3)17(19)12-18(23)21-14-10-8-13(20)9-11-14/h4-12H,1-3H3,(H,21,23). The van der Waals surface area contributed by atoms with E-state index < -0.39 is 0 Å². The van der Waals surface area contributed by atoms with Crippen LogP contribution >= 0.6 is 0 Å². The second-order valence-corrected chi connectivity index (χ2v) is 6.23. The predicted molar refractivity (Wildman–Crippen MR) is 91.0 cm³/mol. The normalized spacial score (nSPS) is 17.2. The molecule has 23 heavy (non-hydrogen) atoms. The van der Waals surface area contributed by atoms with Crippen LogP contribution in [0.2, 0.25) is 0 Å². The van der Waals surface area contributed by atoms with E-state index in [0.29, 0.717) is 5.69 Å². The van der Waals surface area contributed by atoms with Crippen molar-refractivity contribution in [2.24, 2.45) is 0 Å². The molecule has 1 aliphatic heterocycles. The van der Waals surface area contributed by atoms with Crippen molar-refractivity contribution in [2.75, 3.05) is 17.3 Å². The number of likely N-dealkylation sites (N-methyl/N-ethyl adjacent to an activating group) is 1. The van der Waals surface area contributed by atoms with Gasteiger partial charge in [-0.2, -0.15) is 0 Å². The average molecular weight is 310 g/mol. The Morgan fingerprint density at radius 3 is 2.43 bits per heavy atom. The molecule has 118 valence electrons. The number of carbonyl (C=O) groups is 1. The highest BCUT2D eigenvalue weighted by Gasteiger charge is 2.38. The third-order valence-corrected chi connectivity index (χ3v) is 4.32. The van der Waals surface area contributed by atoms with E-state index in [1.54, 1.807) is 18.2 Å². The number of carbonyl (C=O) groups excluding carboxylic acids is 1. The van der Waals surface area contributed by atoms with E-state index in [1.165, 1.54) is 17.7 Å². The molecule has 1 amide bonds. The summed E-state index contributed by atoms with van der Waals surface area (Å²) >= 11 is 0. The lowest BCUT2D eigenvalue weighted by molar-refractivity contribution is -0.112. The molecule has 0 radical (unpaired) electrons. The summed E-state index contributed by atoms with van der Waals surface area (Å²) in [5.41, 5.74) is 3.56. The summed E-state index contributed by atoms with van der Waals surface area (Å²) in [6.07, 6.45) is 1.61. The molecule has 1 heterocycles. The summed E-state index contributed by atoms with van der Waals surface area (Å²) in [5.74, 6) is -0.548. The topological polar surface area (TPSA) is 32.3 Å². The van der Waals surface area contributed by atoms with Gasteiger partial charge in [-0.05, 0) is 35.9 Å². The van der Waals surface area contributed by atoms with Gasteiger partial charge in [0, 0.05) is 35.6 Å². The van der Waals surface area contributed by atoms with Crippen molar-refractivity contribution >= 4 is 17.3 Å². The van der Waals surface area contributed by atoms with Gasteiger partial charge in [0.1, 0.15) is 5.82 Å². The van der Waals surface area contributed by atoms with Crippen molar-refractivity contribution in [3.63, 3.8) is 0 Å². The summed E-state index contributed by atoms with van der Waals surface area (Å²) in [5, 5.41) is 2.77. The number of amides is 1. The van der Waals surface area contributed by atoms with Crippen LogP contribution in [0.3, 0.4) is 0 Å². The van der Waals surface area contributed by atoms with Crippen LogP contribution in [0.25, 0.3) is 0 Å². The number of para-hydroxylation sites is 1. The quantitative estimate of drug-likeness (QED) is 0.848. The first-order valence-corrected chi connectivity index (χ1v) is 7.51. The first kappa shape index (κ1) is 15.3. The van der Waals surface area contributed by atoms with Crippen molar-refractivity contribution in [2.45, 2.75) is 19.3 Å². The molecule has 0 fully saturated rings. The van der Waals surface area contributed by atoms with Gasteiger partial charge >= 0.3 is 0 Å². The van der Waals surface area contributed by atoms with Crippen LogP contribution in [-0.2, 0) is 10.2 Å². The van der Waals surface area contributed by atoms with Crippen LogP contribution in [0.5, 0.6) is 0 Å². The fourth-order valence-corrected chi connectivity index (χ4v) is 3.09. The van der Waals surface area contributed by atoms with E-state index in [-0.39, 0.29) is 17.1 Å². The molecule has 1 N–H and O–H groups in total. The van der Waals surface area contributed by atoms with Gasteiger partial charge < -0.3 is 10.2 Å². The lowest BCUT2D eigenvalue weighted by Crippen LogP contribution is -2.25. The van der Waals surface area contributed by atoms with Crippen LogP contribution < -0.4 is 10.2 Å². The molecule has 0 unspecified atom stereocenters. The number of anilines is 2. The molecule has 0 aromatic heterocycles. The van der Waals surface area contributed by atoms with E-state index >= 15 is 0 Å². The zero-order valence-electron chi connectivity index (χ0n) is 13.4. The van der Waals surface area contributed by atoms with E-state index in [2.05, 4.69) is 31.3 Å². The van der Waals surface area contributed by atoms with Gasteiger partial charge in [0.05, 0.1) is 0 Å². The molecular weight excluding hydrogens is 291 g/mol. The van der Waals surface area contributed by atoms with Gasteiger partial charge in [-0.15, -0.1) is 0 Å². The Morgan fingerprint density at radius 1 is 1.13 bits per heavy atom. The summed E-state index contributed by atoms with van der Waals surface area (Å²) in [7, 11) is 1.96. The maximum Gasteiger partial charge on any atom is 0.250 e. The van der Waals surface area contributed by atoms with E-state index in [1.807, 2.05) is 24.1 Å². The minimum Gasteiger partial charge on any atom is -0.347 e. The Bertz CT molecular complexity index is 778. The molecule has 2 aromatic carbocycles. The highest BCUT2D eigenvalue weighted by Crippen LogP contribution is 2.46. The van der Waals surface area contributed by atoms with Gasteiger partial charge in [-0.3, -0.25) is 4.79 Å². The number of rotatable bonds is 2. The van der Waals surface area contributed by atoms with Crippen LogP contribution in [0.15, 0.2) is 60.3 Å². The van der Waals surface area contributed by atoms with Gasteiger partial charge in [0.15, 0.2) is 0 Å². The van der Waals surface area contributed by atoms with E-state index in [9.17, 15) is 9.18 Å². The summed E-state index contributed by atoms with van der Waals surface area (Å²) in [6.45, 7) is 4.21. The van der Waals surface area contributed by atoms with Crippen LogP contribution in [-0.4, -0.2) is 13.0 Å². The van der Waals surface area contributed by atoms with Crippen molar-refractivity contribution in [3.05, 3.63) is 71.7 Å². The van der Waals surface area contributed by atoms with Crippen molar-refractivity contribution in [1.29, 1.82) is 0 Å². The SMILES string of the molecule is CN1C(=CC(=O)Nc2ccc(F)cc2)C(C)(C)c2ccccc21. The number of allylic oxidation sites excluding steroid dienone is 1. The molecule has 1 aliphatic rings. The molecule has 0 atom stereocenters. The van der Waals surface area contributed by atoms with Gasteiger partial charge in [0.25, 0.3) is 0 Å². The third kappa shape index (κ3) is 2.72. The fraction of sp³-hybridized carbons (Fsp3) is 0.211. The minimum atomic E-state index is -0.325. The molecule has 4 heteroatoms. The molecule has 3 rings (SSSR count). The Balaban J connectivity index is 1.88. The van der Waals surface area contributed by atoms with Gasteiger partial charge in [-0.1, -0.05) is 32.0 Å². The van der Waals surface area contributed by atoms with Crippen LogP contribution in [0, 0.1) is 5.82 Å². The van der Waals surface area contributed by atoms with E-state index in [0.717, 1.165) is 11.4 Å². The maximum absolute atomic E-state index is 12.9. The molecule has 0 bridgehead atoms. The zero-order valence-corrected chi connectivity index (χ0v) is 13.4. The number of nitrogens with one attached hydrogen (secondary N) is 1. The van der Waals surface area contributed by atoms with Gasteiger partial charge in [-0.25, -0.2) is 4.39 Å². The molecule has 0 spiro atoms. The number of benzene rings is 2. The zero-order chi connectivity index (χ0) is 16.6. The Hall–Kier alpha value is -2.62. The average Bonchev–Trinajstić information content (AvgIpc) is 2.71. The minimum absolute atomic E-state index is 0.223. The third-order valence-electron chi connectivity index (χ3n) is 4.32. The number of hydrogen-bond donors (Lipinski definition) is 1. The molecule has 3 nitrogen and oxygen atoms in total. The number of hydrogen-bond acceptors (Lipinski definition) is 2. The monoisotopic (exact) mass is 310 g/mol. The fourth-order valence-electron chi connectivity index (χ4n) is 3.09. The van der Waals surface area contributed by atoms with Gasteiger partial charge in [0.2, 0.25) is 5.91 Å². The summed E-state index contributed by atoms with van der Waals surface area (Å²) in [6, 6.07) is 13.9. The summed E-state index contributed by atoms with van der Waals surface area (Å²) < 4.78 is 12.9. The maximum atomic E-state index is 12.9. The Morgan fingerprint density at radius 2 is 1.78 bits per heavy atom. The van der Waals surface area contributed by atoms with Crippen LogP contribution in [0.4, 0.5) is 15.8 Å². The highest BCUT2D eigenvalue weighted by atomic mass is 19.1. The summed E-state index contributed by atoms with van der Waals surface area (Å²) in [4.78, 5) is 14.4. The molecule has 0 aliphatic carbocycles. The molecule has 2 aromatic rings. The lowest BCUT2D eigenvalue weighted by Gasteiger charge is -2.24. The largest absolute Gasteiger partial charge is 0.347 e. The van der Waals surface area contributed by atoms with Crippen molar-refractivity contribution < 1.29 is 9.18 Å². The van der Waals surface area contributed by atoms with Crippen molar-refractivity contribution in [3.8, 4) is 0 Å².